The topological polar surface area (TPSA) is 95.6 Å². The van der Waals surface area contributed by atoms with Gasteiger partial charge >= 0.3 is 0 Å². The molecule has 9 heteroatoms. The third kappa shape index (κ3) is 7.01. The van der Waals surface area contributed by atoms with Gasteiger partial charge in [-0.3, -0.25) is 9.59 Å². The number of rotatable bonds is 10. The van der Waals surface area contributed by atoms with E-state index in [2.05, 4.69) is 10.0 Å². The van der Waals surface area contributed by atoms with Crippen LogP contribution in [0.5, 0.6) is 0 Å². The fraction of sp³-hybridized carbons (Fsp3) is 0.600. The summed E-state index contributed by atoms with van der Waals surface area (Å²) in [6.45, 7) is 3.49. The Hall–Kier alpha value is -1.58. The van der Waals surface area contributed by atoms with Crippen LogP contribution in [-0.4, -0.2) is 62.8 Å². The predicted octanol–water partition coefficient (Wildman–Crippen LogP) is 1.85. The lowest BCUT2D eigenvalue weighted by Crippen LogP contribution is -2.53. The van der Waals surface area contributed by atoms with Crippen molar-refractivity contribution in [3.8, 4) is 0 Å². The summed E-state index contributed by atoms with van der Waals surface area (Å²) in [5, 5.41) is 2.89. The Labute approximate surface area is 178 Å². The second kappa shape index (κ2) is 11.6. The number of piperidine rings is 1. The van der Waals surface area contributed by atoms with Gasteiger partial charge in [-0.2, -0.15) is 16.5 Å². The minimum absolute atomic E-state index is 0.0325. The van der Waals surface area contributed by atoms with E-state index >= 15 is 0 Å². The molecule has 1 aromatic rings. The highest BCUT2D eigenvalue weighted by Gasteiger charge is 2.33. The number of hydrogen-bond donors (Lipinski definition) is 2. The molecular weight excluding hydrogens is 410 g/mol. The highest BCUT2D eigenvalue weighted by atomic mass is 32.2. The fourth-order valence-electron chi connectivity index (χ4n) is 3.33. The van der Waals surface area contributed by atoms with E-state index in [1.807, 2.05) is 13.2 Å². The predicted molar refractivity (Wildman–Crippen MR) is 116 cm³/mol. The zero-order valence-electron chi connectivity index (χ0n) is 17.1. The van der Waals surface area contributed by atoms with Crippen LogP contribution in [0.4, 0.5) is 0 Å². The number of likely N-dealkylation sites (tertiary alicyclic amines) is 1. The Kier molecular flexibility index (Phi) is 9.45. The Morgan fingerprint density at radius 3 is 2.66 bits per heavy atom. The number of sulfonamides is 1. The molecule has 2 N–H and O–H groups in total. The molecule has 2 amide bonds. The molecule has 0 saturated carbocycles. The van der Waals surface area contributed by atoms with Gasteiger partial charge < -0.3 is 10.2 Å². The summed E-state index contributed by atoms with van der Waals surface area (Å²) in [7, 11) is -3.80. The van der Waals surface area contributed by atoms with Gasteiger partial charge in [0, 0.05) is 19.6 Å². The molecule has 1 aliphatic rings. The van der Waals surface area contributed by atoms with Gasteiger partial charge in [-0.05, 0) is 49.8 Å². The molecule has 1 aromatic carbocycles. The van der Waals surface area contributed by atoms with Gasteiger partial charge in [0.15, 0.2) is 0 Å². The van der Waals surface area contributed by atoms with E-state index < -0.39 is 16.1 Å². The molecule has 2 unspecified atom stereocenters. The van der Waals surface area contributed by atoms with Crippen LogP contribution in [0.2, 0.25) is 0 Å². The molecule has 7 nitrogen and oxygen atoms in total. The third-order valence-corrected chi connectivity index (χ3v) is 7.04. The van der Waals surface area contributed by atoms with Gasteiger partial charge in [0.05, 0.1) is 10.8 Å². The number of carbonyl (C=O) groups excluding carboxylic acids is 2. The maximum absolute atomic E-state index is 13.2. The average Bonchev–Trinajstić information content (AvgIpc) is 2.75. The second-order valence-corrected chi connectivity index (χ2v) is 9.88. The van der Waals surface area contributed by atoms with Crippen LogP contribution in [0, 0.1) is 5.92 Å². The quantitative estimate of drug-likeness (QED) is 0.578. The number of benzene rings is 1. The Balaban J connectivity index is 2.10. The van der Waals surface area contributed by atoms with E-state index in [1.54, 1.807) is 34.9 Å². The van der Waals surface area contributed by atoms with Crippen LogP contribution in [0.15, 0.2) is 35.2 Å². The van der Waals surface area contributed by atoms with E-state index in [-0.39, 0.29) is 22.6 Å². The Bertz CT molecular complexity index is 771. The smallest absolute Gasteiger partial charge is 0.241 e. The average molecular weight is 442 g/mol. The molecule has 1 saturated heterocycles. The summed E-state index contributed by atoms with van der Waals surface area (Å²) >= 11 is 1.56. The van der Waals surface area contributed by atoms with Crippen molar-refractivity contribution in [1.82, 2.24) is 14.9 Å². The summed E-state index contributed by atoms with van der Waals surface area (Å²) < 4.78 is 28.0. The maximum atomic E-state index is 13.2. The lowest BCUT2D eigenvalue weighted by atomic mass is 9.96. The van der Waals surface area contributed by atoms with Crippen LogP contribution in [0.1, 0.15) is 32.6 Å². The van der Waals surface area contributed by atoms with Gasteiger partial charge in [-0.15, -0.1) is 0 Å². The third-order valence-electron chi connectivity index (χ3n) is 4.91. The van der Waals surface area contributed by atoms with Crippen LogP contribution in [0.3, 0.4) is 0 Å². The molecule has 2 rings (SSSR count). The molecule has 0 spiro atoms. The molecule has 1 fully saturated rings. The van der Waals surface area contributed by atoms with Crippen molar-refractivity contribution in [2.75, 3.05) is 31.6 Å². The number of carbonyl (C=O) groups is 2. The highest BCUT2D eigenvalue weighted by molar-refractivity contribution is 7.98. The summed E-state index contributed by atoms with van der Waals surface area (Å²) in [5.41, 5.74) is 0. The molecule has 0 bridgehead atoms. The number of nitrogens with zero attached hydrogens (tertiary/aromatic N) is 1. The zero-order chi connectivity index (χ0) is 21.3. The second-order valence-electron chi connectivity index (χ2n) is 7.18. The van der Waals surface area contributed by atoms with Crippen molar-refractivity contribution >= 4 is 33.6 Å². The minimum Gasteiger partial charge on any atom is -0.356 e. The van der Waals surface area contributed by atoms with E-state index in [9.17, 15) is 18.0 Å². The number of hydrogen-bond acceptors (Lipinski definition) is 5. The van der Waals surface area contributed by atoms with Crippen molar-refractivity contribution < 1.29 is 18.0 Å². The maximum Gasteiger partial charge on any atom is 0.241 e. The Morgan fingerprint density at radius 2 is 2.00 bits per heavy atom. The first-order valence-electron chi connectivity index (χ1n) is 10.0. The fourth-order valence-corrected chi connectivity index (χ4v) is 5.04. The minimum atomic E-state index is -3.80. The van der Waals surface area contributed by atoms with Crippen molar-refractivity contribution in [3.05, 3.63) is 30.3 Å². The van der Waals surface area contributed by atoms with Gasteiger partial charge in [0.25, 0.3) is 0 Å². The monoisotopic (exact) mass is 441 g/mol. The largest absolute Gasteiger partial charge is 0.356 e. The van der Waals surface area contributed by atoms with Crippen LogP contribution < -0.4 is 10.0 Å². The normalized spacial score (nSPS) is 18.3. The number of nitrogens with one attached hydrogen (secondary N) is 2. The molecule has 1 aliphatic heterocycles. The van der Waals surface area contributed by atoms with E-state index in [0.717, 1.165) is 19.3 Å². The first-order valence-corrected chi connectivity index (χ1v) is 12.9. The molecule has 0 aliphatic carbocycles. The van der Waals surface area contributed by atoms with E-state index in [4.69, 9.17) is 0 Å². The van der Waals surface area contributed by atoms with Crippen LogP contribution in [0.25, 0.3) is 0 Å². The van der Waals surface area contributed by atoms with Gasteiger partial charge in [-0.25, -0.2) is 8.42 Å². The standard InChI is InChI=1S/C20H31N3O4S2/c1-3-12-21-19(24)16-8-7-13-23(15-16)20(25)18(11-14-28-2)22-29(26,27)17-9-5-4-6-10-17/h4-6,9-10,16,18,22H,3,7-8,11-15H2,1-2H3,(H,21,24). The summed E-state index contributed by atoms with van der Waals surface area (Å²) in [5.74, 6) is 0.120. The highest BCUT2D eigenvalue weighted by Crippen LogP contribution is 2.19. The number of amides is 2. The first-order chi connectivity index (χ1) is 13.9. The number of thioether (sulfide) groups is 1. The van der Waals surface area contributed by atoms with E-state index in [1.165, 1.54) is 12.1 Å². The molecule has 0 aromatic heterocycles. The summed E-state index contributed by atoms with van der Waals surface area (Å²) in [6.07, 6.45) is 4.65. The lowest BCUT2D eigenvalue weighted by Gasteiger charge is -2.34. The molecule has 0 radical (unpaired) electrons. The Morgan fingerprint density at radius 1 is 1.28 bits per heavy atom. The van der Waals surface area contributed by atoms with E-state index in [0.29, 0.717) is 31.8 Å². The van der Waals surface area contributed by atoms with Gasteiger partial charge in [0.1, 0.15) is 6.04 Å². The van der Waals surface area contributed by atoms with Crippen molar-refractivity contribution in [2.45, 2.75) is 43.5 Å². The molecule has 162 valence electrons. The van der Waals surface area contributed by atoms with Crippen LogP contribution in [-0.2, 0) is 19.6 Å². The zero-order valence-corrected chi connectivity index (χ0v) is 18.7. The summed E-state index contributed by atoms with van der Waals surface area (Å²) in [6, 6.07) is 7.22. The molecular formula is C20H31N3O4S2. The van der Waals surface area contributed by atoms with Gasteiger partial charge in [0.2, 0.25) is 21.8 Å². The van der Waals surface area contributed by atoms with Gasteiger partial charge in [-0.1, -0.05) is 25.1 Å². The van der Waals surface area contributed by atoms with Crippen molar-refractivity contribution in [2.24, 2.45) is 5.92 Å². The summed E-state index contributed by atoms with van der Waals surface area (Å²) in [4.78, 5) is 27.2. The van der Waals surface area contributed by atoms with Crippen molar-refractivity contribution in [3.63, 3.8) is 0 Å². The molecule has 29 heavy (non-hydrogen) atoms. The molecule has 1 heterocycles. The SMILES string of the molecule is CCCNC(=O)C1CCCN(C(=O)C(CCSC)NS(=O)(=O)c2ccccc2)C1. The van der Waals surface area contributed by atoms with Crippen LogP contribution >= 0.6 is 11.8 Å². The molecule has 2 atom stereocenters. The van der Waals surface area contributed by atoms with Crippen molar-refractivity contribution in [1.29, 1.82) is 0 Å². The first kappa shape index (κ1) is 23.7. The lowest BCUT2D eigenvalue weighted by molar-refractivity contribution is -0.137.